The molecule has 1 aromatic heterocycles. The summed E-state index contributed by atoms with van der Waals surface area (Å²) in [6.45, 7) is 7.50. The highest BCUT2D eigenvalue weighted by Crippen LogP contribution is 2.20. The van der Waals surface area contributed by atoms with Crippen LogP contribution in [0.4, 0.5) is 0 Å². The Balaban J connectivity index is 1.41. The quantitative estimate of drug-likeness (QED) is 0.641. The topological polar surface area (TPSA) is 87.8 Å². The summed E-state index contributed by atoms with van der Waals surface area (Å²) in [5.74, 6) is -0.253. The Morgan fingerprint density at radius 2 is 1.88 bits per heavy atom. The van der Waals surface area contributed by atoms with E-state index in [1.54, 1.807) is 10.6 Å². The summed E-state index contributed by atoms with van der Waals surface area (Å²) in [6, 6.07) is 7.30. The molecule has 1 aliphatic heterocycles. The molecular formula is C24H36N4O4. The van der Waals surface area contributed by atoms with Gasteiger partial charge in [0.1, 0.15) is 0 Å². The Morgan fingerprint density at radius 3 is 2.56 bits per heavy atom. The number of aryl methyl sites for hydroxylation is 1. The molecule has 2 amide bonds. The van der Waals surface area contributed by atoms with Gasteiger partial charge in [-0.1, -0.05) is 26.0 Å². The lowest BCUT2D eigenvalue weighted by molar-refractivity contribution is -0.135. The number of oxazole rings is 1. The molecule has 0 aliphatic carbocycles. The average Bonchev–Trinajstić information content (AvgIpc) is 3.06. The number of carbonyl (C=O) groups excluding carboxylic acids is 2. The van der Waals surface area contributed by atoms with Crippen molar-refractivity contribution in [3.05, 3.63) is 34.8 Å². The number of para-hydroxylation sites is 2. The maximum Gasteiger partial charge on any atom is 0.419 e. The van der Waals surface area contributed by atoms with Crippen LogP contribution in [0.15, 0.2) is 33.5 Å². The standard InChI is InChI=1S/C24H36N4O4/c1-24(2,17-26(3)4)16-25-22(30)18-11-14-27(15-12-18)21(29)10-7-13-28-19-8-5-6-9-20(19)32-23(28)31/h5-6,8-9,18H,7,10-17H2,1-4H3,(H,25,30). The van der Waals surface area contributed by atoms with Crippen LogP contribution in [0.1, 0.15) is 39.5 Å². The van der Waals surface area contributed by atoms with E-state index in [0.717, 1.165) is 12.1 Å². The van der Waals surface area contributed by atoms with Gasteiger partial charge in [-0.25, -0.2) is 4.79 Å². The van der Waals surface area contributed by atoms with E-state index in [9.17, 15) is 14.4 Å². The molecule has 1 N–H and O–H groups in total. The van der Waals surface area contributed by atoms with Crippen molar-refractivity contribution in [1.29, 1.82) is 0 Å². The molecule has 0 atom stereocenters. The lowest BCUT2D eigenvalue weighted by Gasteiger charge is -2.33. The van der Waals surface area contributed by atoms with Gasteiger partial charge in [-0.2, -0.15) is 0 Å². The van der Waals surface area contributed by atoms with Crippen LogP contribution in [0, 0.1) is 11.3 Å². The average molecular weight is 445 g/mol. The van der Waals surface area contributed by atoms with Crippen LogP contribution in [0.3, 0.4) is 0 Å². The number of nitrogens with zero attached hydrogens (tertiary/aromatic N) is 3. The molecule has 2 aromatic rings. The molecular weight excluding hydrogens is 408 g/mol. The smallest absolute Gasteiger partial charge is 0.408 e. The largest absolute Gasteiger partial charge is 0.419 e. The van der Waals surface area contributed by atoms with Gasteiger partial charge in [-0.05, 0) is 50.9 Å². The first-order valence-electron chi connectivity index (χ1n) is 11.4. The van der Waals surface area contributed by atoms with E-state index in [1.165, 1.54) is 0 Å². The number of likely N-dealkylation sites (tertiary alicyclic amines) is 1. The van der Waals surface area contributed by atoms with Crippen LogP contribution in [0.25, 0.3) is 11.1 Å². The Hall–Kier alpha value is -2.61. The van der Waals surface area contributed by atoms with E-state index in [-0.39, 0.29) is 28.9 Å². The van der Waals surface area contributed by atoms with Crippen molar-refractivity contribution in [1.82, 2.24) is 19.7 Å². The van der Waals surface area contributed by atoms with Gasteiger partial charge in [-0.3, -0.25) is 14.2 Å². The first-order chi connectivity index (χ1) is 15.2. The molecule has 0 saturated carbocycles. The van der Waals surface area contributed by atoms with E-state index in [2.05, 4.69) is 24.1 Å². The number of aromatic nitrogens is 1. The summed E-state index contributed by atoms with van der Waals surface area (Å²) in [6.07, 6.45) is 2.33. The fourth-order valence-electron chi connectivity index (χ4n) is 4.55. The molecule has 1 fully saturated rings. The van der Waals surface area contributed by atoms with E-state index in [0.29, 0.717) is 57.4 Å². The van der Waals surface area contributed by atoms with Gasteiger partial charge in [0.2, 0.25) is 11.8 Å². The van der Waals surface area contributed by atoms with Crippen molar-refractivity contribution in [3.63, 3.8) is 0 Å². The van der Waals surface area contributed by atoms with Crippen molar-refractivity contribution < 1.29 is 14.0 Å². The highest BCUT2D eigenvalue weighted by molar-refractivity contribution is 5.80. The normalized spacial score (nSPS) is 15.5. The maximum absolute atomic E-state index is 12.6. The molecule has 176 valence electrons. The van der Waals surface area contributed by atoms with Gasteiger partial charge in [0.25, 0.3) is 0 Å². The van der Waals surface area contributed by atoms with E-state index in [1.807, 2.05) is 37.2 Å². The second-order valence-corrected chi connectivity index (χ2v) is 9.87. The molecule has 3 rings (SSSR count). The summed E-state index contributed by atoms with van der Waals surface area (Å²) < 4.78 is 6.82. The van der Waals surface area contributed by atoms with Crippen LogP contribution < -0.4 is 11.1 Å². The molecule has 2 heterocycles. The predicted octanol–water partition coefficient (Wildman–Crippen LogP) is 2.32. The van der Waals surface area contributed by atoms with Crippen molar-refractivity contribution >= 4 is 22.9 Å². The van der Waals surface area contributed by atoms with Crippen molar-refractivity contribution in [3.8, 4) is 0 Å². The van der Waals surface area contributed by atoms with E-state index >= 15 is 0 Å². The number of hydrogen-bond donors (Lipinski definition) is 1. The molecule has 32 heavy (non-hydrogen) atoms. The minimum Gasteiger partial charge on any atom is -0.408 e. The number of hydrogen-bond acceptors (Lipinski definition) is 5. The molecule has 1 saturated heterocycles. The third kappa shape index (κ3) is 6.22. The molecule has 0 spiro atoms. The van der Waals surface area contributed by atoms with Crippen LogP contribution in [-0.2, 0) is 16.1 Å². The summed E-state index contributed by atoms with van der Waals surface area (Å²) in [4.78, 5) is 41.2. The molecule has 0 bridgehead atoms. The zero-order valence-corrected chi connectivity index (χ0v) is 19.7. The Morgan fingerprint density at radius 1 is 1.19 bits per heavy atom. The zero-order valence-electron chi connectivity index (χ0n) is 19.7. The third-order valence-corrected chi connectivity index (χ3v) is 6.05. The van der Waals surface area contributed by atoms with Gasteiger partial charge in [-0.15, -0.1) is 0 Å². The molecule has 0 unspecified atom stereocenters. The number of carbonyl (C=O) groups is 2. The third-order valence-electron chi connectivity index (χ3n) is 6.05. The minimum absolute atomic E-state index is 0.0120. The predicted molar refractivity (Wildman–Crippen MR) is 124 cm³/mol. The van der Waals surface area contributed by atoms with Crippen molar-refractivity contribution in [2.24, 2.45) is 11.3 Å². The summed E-state index contributed by atoms with van der Waals surface area (Å²) >= 11 is 0. The van der Waals surface area contributed by atoms with Gasteiger partial charge in [0.15, 0.2) is 5.58 Å². The van der Waals surface area contributed by atoms with Gasteiger partial charge < -0.3 is 19.5 Å². The second kappa shape index (κ2) is 10.3. The first-order valence-corrected chi connectivity index (χ1v) is 11.4. The van der Waals surface area contributed by atoms with Gasteiger partial charge in [0, 0.05) is 45.1 Å². The zero-order chi connectivity index (χ0) is 23.3. The van der Waals surface area contributed by atoms with Crippen LogP contribution in [0.2, 0.25) is 0 Å². The number of nitrogens with one attached hydrogen (secondary N) is 1. The maximum atomic E-state index is 12.6. The highest BCUT2D eigenvalue weighted by atomic mass is 16.4. The number of benzene rings is 1. The Kier molecular flexibility index (Phi) is 7.77. The number of fused-ring (bicyclic) bond motifs is 1. The summed E-state index contributed by atoms with van der Waals surface area (Å²) in [5.41, 5.74) is 1.33. The summed E-state index contributed by atoms with van der Waals surface area (Å²) in [7, 11) is 4.07. The Labute approximate surface area is 189 Å². The SMILES string of the molecule is CN(C)CC(C)(C)CNC(=O)C1CCN(C(=O)CCCn2c(=O)oc3ccccc32)CC1. The Bertz CT molecular complexity index is 983. The number of rotatable bonds is 9. The lowest BCUT2D eigenvalue weighted by Crippen LogP contribution is -2.46. The molecule has 1 aromatic carbocycles. The molecule has 8 nitrogen and oxygen atoms in total. The number of amides is 2. The molecule has 8 heteroatoms. The van der Waals surface area contributed by atoms with Gasteiger partial charge >= 0.3 is 5.76 Å². The molecule has 1 aliphatic rings. The van der Waals surface area contributed by atoms with E-state index in [4.69, 9.17) is 4.42 Å². The highest BCUT2D eigenvalue weighted by Gasteiger charge is 2.28. The molecule has 0 radical (unpaired) electrons. The second-order valence-electron chi connectivity index (χ2n) is 9.87. The lowest BCUT2D eigenvalue weighted by atomic mass is 9.91. The fourth-order valence-corrected chi connectivity index (χ4v) is 4.55. The first kappa shape index (κ1) is 24.0. The van der Waals surface area contributed by atoms with Gasteiger partial charge in [0.05, 0.1) is 5.52 Å². The van der Waals surface area contributed by atoms with Crippen LogP contribution in [0.5, 0.6) is 0 Å². The summed E-state index contributed by atoms with van der Waals surface area (Å²) in [5, 5.41) is 3.10. The van der Waals surface area contributed by atoms with E-state index < -0.39 is 0 Å². The van der Waals surface area contributed by atoms with Crippen molar-refractivity contribution in [2.45, 2.75) is 46.1 Å². The van der Waals surface area contributed by atoms with Crippen LogP contribution >= 0.6 is 0 Å². The van der Waals surface area contributed by atoms with Crippen molar-refractivity contribution in [2.75, 3.05) is 40.3 Å². The number of piperidine rings is 1. The minimum atomic E-state index is -0.390. The monoisotopic (exact) mass is 444 g/mol. The fraction of sp³-hybridized carbons (Fsp3) is 0.625. The van der Waals surface area contributed by atoms with Crippen LogP contribution in [-0.4, -0.2) is 66.5 Å².